The fourth-order valence-corrected chi connectivity index (χ4v) is 3.28. The second-order valence-electron chi connectivity index (χ2n) is 8.03. The van der Waals surface area contributed by atoms with Gasteiger partial charge in [0.25, 0.3) is 0 Å². The summed E-state index contributed by atoms with van der Waals surface area (Å²) in [6.45, 7) is 2.25. The zero-order valence-electron chi connectivity index (χ0n) is 18.5. The van der Waals surface area contributed by atoms with Gasteiger partial charge in [0.15, 0.2) is 17.4 Å². The summed E-state index contributed by atoms with van der Waals surface area (Å²) < 4.78 is 4.67. The fourth-order valence-electron chi connectivity index (χ4n) is 3.28. The van der Waals surface area contributed by atoms with Gasteiger partial charge in [-0.3, -0.25) is 9.59 Å². The molecule has 1 atom stereocenters. The van der Waals surface area contributed by atoms with Gasteiger partial charge < -0.3 is 15.6 Å². The first kappa shape index (κ1) is 31.3. The molecule has 0 saturated carbocycles. The minimum absolute atomic E-state index is 0. The molecule has 0 aliphatic rings. The summed E-state index contributed by atoms with van der Waals surface area (Å²) in [4.78, 5) is 33.6. The van der Waals surface area contributed by atoms with Crippen LogP contribution in [0.25, 0.3) is 0 Å². The SMILES string of the molecule is CCCCCCCCCCCCCCCCCC(=O)OC(=O)C(N)CCC(=O)O.[AlH3]. The number of carbonyl (C=O) groups excluding carboxylic acids is 2. The van der Waals surface area contributed by atoms with Crippen LogP contribution in [0.15, 0.2) is 0 Å². The van der Waals surface area contributed by atoms with Crippen LogP contribution in [-0.4, -0.2) is 46.4 Å². The van der Waals surface area contributed by atoms with E-state index in [4.69, 9.17) is 10.8 Å². The smallest absolute Gasteiger partial charge is 0.330 e. The van der Waals surface area contributed by atoms with E-state index < -0.39 is 23.9 Å². The van der Waals surface area contributed by atoms with Gasteiger partial charge in [0.1, 0.15) is 6.04 Å². The molecule has 30 heavy (non-hydrogen) atoms. The van der Waals surface area contributed by atoms with Crippen molar-refractivity contribution in [3.8, 4) is 0 Å². The maximum Gasteiger partial charge on any atom is 0.330 e. The number of esters is 2. The number of unbranched alkanes of at least 4 members (excludes halogenated alkanes) is 14. The van der Waals surface area contributed by atoms with Gasteiger partial charge in [0.2, 0.25) is 0 Å². The minimum atomic E-state index is -1.06. The predicted octanol–water partition coefficient (Wildman–Crippen LogP) is 4.33. The summed E-state index contributed by atoms with van der Waals surface area (Å²) in [5, 5.41) is 8.55. The Hall–Kier alpha value is -0.898. The van der Waals surface area contributed by atoms with Gasteiger partial charge in [-0.05, 0) is 12.8 Å². The number of carboxylic acids is 1. The van der Waals surface area contributed by atoms with Crippen molar-refractivity contribution in [3.05, 3.63) is 0 Å². The van der Waals surface area contributed by atoms with Gasteiger partial charge in [0.05, 0.1) is 0 Å². The maximum absolute atomic E-state index is 11.6. The zero-order valence-corrected chi connectivity index (χ0v) is 18.5. The number of hydrogen-bond acceptors (Lipinski definition) is 5. The summed E-state index contributed by atoms with van der Waals surface area (Å²) in [7, 11) is 0. The van der Waals surface area contributed by atoms with Gasteiger partial charge in [-0.15, -0.1) is 0 Å². The van der Waals surface area contributed by atoms with Crippen LogP contribution in [0.5, 0.6) is 0 Å². The van der Waals surface area contributed by atoms with Gasteiger partial charge in [-0.2, -0.15) is 0 Å². The largest absolute Gasteiger partial charge is 0.481 e. The Balaban J connectivity index is 0. The zero-order chi connectivity index (χ0) is 21.7. The van der Waals surface area contributed by atoms with Gasteiger partial charge in [0, 0.05) is 12.8 Å². The summed E-state index contributed by atoms with van der Waals surface area (Å²) in [6, 6.07) is -1.06. The molecule has 0 heterocycles. The molecule has 0 aliphatic heterocycles. The molecular weight excluding hydrogens is 397 g/mol. The minimum Gasteiger partial charge on any atom is -0.481 e. The van der Waals surface area contributed by atoms with E-state index >= 15 is 0 Å². The predicted molar refractivity (Wildman–Crippen MR) is 125 cm³/mol. The first-order valence-electron chi connectivity index (χ1n) is 11.7. The molecule has 0 amide bonds. The Morgan fingerprint density at radius 2 is 1.13 bits per heavy atom. The van der Waals surface area contributed by atoms with E-state index in [9.17, 15) is 14.4 Å². The van der Waals surface area contributed by atoms with Crippen LogP contribution in [-0.2, 0) is 19.1 Å². The lowest BCUT2D eigenvalue weighted by atomic mass is 10.0. The van der Waals surface area contributed by atoms with E-state index in [0.717, 1.165) is 12.8 Å². The first-order valence-corrected chi connectivity index (χ1v) is 11.7. The monoisotopic (exact) mass is 443 g/mol. The lowest BCUT2D eigenvalue weighted by Crippen LogP contribution is -2.34. The van der Waals surface area contributed by atoms with Crippen molar-refractivity contribution in [3.63, 3.8) is 0 Å². The molecule has 0 aliphatic carbocycles. The van der Waals surface area contributed by atoms with Gasteiger partial charge >= 0.3 is 17.9 Å². The highest BCUT2D eigenvalue weighted by Crippen LogP contribution is 2.14. The third kappa shape index (κ3) is 21.8. The van der Waals surface area contributed by atoms with E-state index in [1.807, 2.05) is 0 Å². The standard InChI is InChI=1S/C23H43NO5.Al.3H/c1-2-3-4-5-6-7-8-9-10-11-12-13-14-15-16-17-22(27)29-23(28)20(24)18-19-21(25)26;;;;/h20H,2-19,24H2,1H3,(H,25,26);;;;. The van der Waals surface area contributed by atoms with Crippen LogP contribution in [0.3, 0.4) is 0 Å². The second-order valence-corrected chi connectivity index (χ2v) is 8.03. The lowest BCUT2D eigenvalue weighted by Gasteiger charge is -2.09. The molecule has 0 aromatic carbocycles. The molecule has 0 spiro atoms. The van der Waals surface area contributed by atoms with Crippen LogP contribution in [0, 0.1) is 0 Å². The van der Waals surface area contributed by atoms with Gasteiger partial charge in [-0.25, -0.2) is 4.79 Å². The normalized spacial score (nSPS) is 11.5. The van der Waals surface area contributed by atoms with Crippen molar-refractivity contribution in [2.75, 3.05) is 0 Å². The van der Waals surface area contributed by atoms with Crippen molar-refractivity contribution < 1.29 is 24.2 Å². The number of ether oxygens (including phenoxy) is 1. The highest BCUT2D eigenvalue weighted by atomic mass is 27.0. The third-order valence-corrected chi connectivity index (χ3v) is 5.17. The van der Waals surface area contributed by atoms with Crippen molar-refractivity contribution in [1.82, 2.24) is 0 Å². The van der Waals surface area contributed by atoms with E-state index in [2.05, 4.69) is 11.7 Å². The lowest BCUT2D eigenvalue weighted by molar-refractivity contribution is -0.160. The van der Waals surface area contributed by atoms with Crippen LogP contribution in [0.4, 0.5) is 0 Å². The summed E-state index contributed by atoms with van der Waals surface area (Å²) in [5.74, 6) is -2.44. The third-order valence-electron chi connectivity index (χ3n) is 5.17. The molecule has 0 aromatic rings. The number of carbonyl (C=O) groups is 3. The van der Waals surface area contributed by atoms with Crippen LogP contribution >= 0.6 is 0 Å². The maximum atomic E-state index is 11.6. The van der Waals surface area contributed by atoms with Gasteiger partial charge in [-0.1, -0.05) is 96.8 Å². The highest BCUT2D eigenvalue weighted by Gasteiger charge is 2.19. The summed E-state index contributed by atoms with van der Waals surface area (Å²) >= 11 is 0. The first-order chi connectivity index (χ1) is 14.0. The van der Waals surface area contributed by atoms with Crippen molar-refractivity contribution in [1.29, 1.82) is 0 Å². The van der Waals surface area contributed by atoms with E-state index in [1.165, 1.54) is 77.0 Å². The molecule has 0 aromatic heterocycles. The Labute approximate surface area is 193 Å². The molecule has 6 nitrogen and oxygen atoms in total. The van der Waals surface area contributed by atoms with Crippen LogP contribution in [0.2, 0.25) is 0 Å². The molecule has 0 saturated heterocycles. The number of hydrogen-bond donors (Lipinski definition) is 2. The quantitative estimate of drug-likeness (QED) is 0.126. The van der Waals surface area contributed by atoms with E-state index in [-0.39, 0.29) is 36.6 Å². The molecule has 0 rings (SSSR count). The van der Waals surface area contributed by atoms with Crippen molar-refractivity contribution in [2.24, 2.45) is 5.73 Å². The summed E-state index contributed by atoms with van der Waals surface area (Å²) in [6.07, 6.45) is 18.7. The van der Waals surface area contributed by atoms with Crippen LogP contribution < -0.4 is 5.73 Å². The molecule has 7 heteroatoms. The average molecular weight is 444 g/mol. The molecule has 176 valence electrons. The fraction of sp³-hybridized carbons (Fsp3) is 0.870. The number of carboxylic acid groups (broad SMARTS) is 1. The van der Waals surface area contributed by atoms with E-state index in [1.54, 1.807) is 0 Å². The number of aliphatic carboxylic acids is 1. The second kappa shape index (κ2) is 22.8. The Morgan fingerprint density at radius 3 is 1.53 bits per heavy atom. The van der Waals surface area contributed by atoms with Crippen LogP contribution in [0.1, 0.15) is 122 Å². The highest BCUT2D eigenvalue weighted by molar-refractivity contribution is 5.88. The Kier molecular flexibility index (Phi) is 23.8. The number of nitrogens with two attached hydrogens (primary N) is 1. The molecule has 1 unspecified atom stereocenters. The summed E-state index contributed by atoms with van der Waals surface area (Å²) in [5.41, 5.74) is 5.51. The Bertz CT molecular complexity index is 445. The average Bonchev–Trinajstić information content (AvgIpc) is 2.68. The molecular formula is C23H46AlNO5. The Morgan fingerprint density at radius 1 is 0.733 bits per heavy atom. The topological polar surface area (TPSA) is 107 Å². The van der Waals surface area contributed by atoms with E-state index in [0.29, 0.717) is 6.42 Å². The molecule has 0 fully saturated rings. The van der Waals surface area contributed by atoms with Crippen molar-refractivity contribution >= 4 is 35.3 Å². The van der Waals surface area contributed by atoms with Crippen molar-refractivity contribution in [2.45, 2.75) is 129 Å². The molecule has 3 N–H and O–H groups in total. The molecule has 0 bridgehead atoms. The number of rotatable bonds is 20. The molecule has 0 radical (unpaired) electrons.